The first kappa shape index (κ1) is 15.4. The van der Waals surface area contributed by atoms with E-state index in [9.17, 15) is 4.79 Å². The molecule has 0 bridgehead atoms. The van der Waals surface area contributed by atoms with Crippen molar-refractivity contribution in [3.05, 3.63) is 69.7 Å². The largest absolute Gasteiger partial charge is 0.293 e. The van der Waals surface area contributed by atoms with Gasteiger partial charge in [-0.05, 0) is 30.7 Å². The van der Waals surface area contributed by atoms with Crippen molar-refractivity contribution in [2.24, 2.45) is 0 Å². The van der Waals surface area contributed by atoms with Gasteiger partial charge in [-0.25, -0.2) is 0 Å². The quantitative estimate of drug-likeness (QED) is 0.675. The second-order valence-electron chi connectivity index (χ2n) is 4.43. The van der Waals surface area contributed by atoms with Crippen LogP contribution in [0, 0.1) is 0 Å². The van der Waals surface area contributed by atoms with Gasteiger partial charge >= 0.3 is 0 Å². The lowest BCUT2D eigenvalue weighted by atomic mass is 10.1. The average molecular weight is 325 g/mol. The van der Waals surface area contributed by atoms with Gasteiger partial charge in [-0.15, -0.1) is 11.8 Å². The molecule has 0 heterocycles. The van der Waals surface area contributed by atoms with Gasteiger partial charge in [-0.3, -0.25) is 4.79 Å². The SMILES string of the molecule is CC(SCc1ccccc1)C(=O)c1ccc(Cl)cc1Cl. The normalized spacial score (nSPS) is 12.2. The third-order valence-corrected chi connectivity index (χ3v) is 4.67. The number of thioether (sulfide) groups is 1. The van der Waals surface area contributed by atoms with Crippen LogP contribution in [0.2, 0.25) is 10.0 Å². The van der Waals surface area contributed by atoms with Gasteiger partial charge in [-0.2, -0.15) is 0 Å². The van der Waals surface area contributed by atoms with Crippen LogP contribution in [0.25, 0.3) is 0 Å². The fraction of sp³-hybridized carbons (Fsp3) is 0.188. The zero-order valence-electron chi connectivity index (χ0n) is 11.0. The van der Waals surface area contributed by atoms with Gasteiger partial charge in [-0.1, -0.05) is 53.5 Å². The van der Waals surface area contributed by atoms with E-state index in [0.717, 1.165) is 5.75 Å². The Morgan fingerprint density at radius 2 is 1.85 bits per heavy atom. The summed E-state index contributed by atoms with van der Waals surface area (Å²) in [6.07, 6.45) is 0. The van der Waals surface area contributed by atoms with Crippen molar-refractivity contribution in [2.45, 2.75) is 17.9 Å². The van der Waals surface area contributed by atoms with E-state index < -0.39 is 0 Å². The molecule has 2 rings (SSSR count). The number of rotatable bonds is 5. The monoisotopic (exact) mass is 324 g/mol. The lowest BCUT2D eigenvalue weighted by Crippen LogP contribution is -2.14. The summed E-state index contributed by atoms with van der Waals surface area (Å²) < 4.78 is 0. The first-order chi connectivity index (χ1) is 9.58. The van der Waals surface area contributed by atoms with E-state index in [0.29, 0.717) is 15.6 Å². The molecule has 2 aromatic rings. The molecule has 0 fully saturated rings. The topological polar surface area (TPSA) is 17.1 Å². The lowest BCUT2D eigenvalue weighted by Gasteiger charge is -2.11. The van der Waals surface area contributed by atoms with E-state index in [4.69, 9.17) is 23.2 Å². The highest BCUT2D eigenvalue weighted by molar-refractivity contribution is 7.99. The Morgan fingerprint density at radius 3 is 2.50 bits per heavy atom. The standard InChI is InChI=1S/C16H14Cl2OS/c1-11(20-10-12-5-3-2-4-6-12)16(19)14-8-7-13(17)9-15(14)18/h2-9,11H,10H2,1H3. The minimum Gasteiger partial charge on any atom is -0.293 e. The zero-order valence-corrected chi connectivity index (χ0v) is 13.3. The number of ketones is 1. The Morgan fingerprint density at radius 1 is 1.15 bits per heavy atom. The molecule has 0 aliphatic heterocycles. The summed E-state index contributed by atoms with van der Waals surface area (Å²) in [4.78, 5) is 12.3. The van der Waals surface area contributed by atoms with Crippen LogP contribution in [0.15, 0.2) is 48.5 Å². The van der Waals surface area contributed by atoms with Crippen LogP contribution in [-0.4, -0.2) is 11.0 Å². The number of Topliss-reactive ketones (excluding diaryl/α,β-unsaturated/α-hetero) is 1. The predicted molar refractivity (Wildman–Crippen MR) is 88.0 cm³/mol. The molecule has 0 aromatic heterocycles. The summed E-state index contributed by atoms with van der Waals surface area (Å²) in [5.41, 5.74) is 1.74. The van der Waals surface area contributed by atoms with Crippen molar-refractivity contribution in [1.29, 1.82) is 0 Å². The third kappa shape index (κ3) is 4.02. The van der Waals surface area contributed by atoms with Gasteiger partial charge in [0.2, 0.25) is 0 Å². The third-order valence-electron chi connectivity index (χ3n) is 2.91. The van der Waals surface area contributed by atoms with Crippen LogP contribution in [0.1, 0.15) is 22.8 Å². The lowest BCUT2D eigenvalue weighted by molar-refractivity contribution is 0.0994. The summed E-state index contributed by atoms with van der Waals surface area (Å²) in [6, 6.07) is 15.1. The molecule has 1 unspecified atom stereocenters. The maximum Gasteiger partial charge on any atom is 0.177 e. The molecule has 0 aliphatic carbocycles. The maximum atomic E-state index is 12.3. The molecule has 0 aliphatic rings. The van der Waals surface area contributed by atoms with E-state index in [-0.39, 0.29) is 11.0 Å². The Hall–Kier alpha value is -0.960. The molecule has 1 nitrogen and oxygen atoms in total. The van der Waals surface area contributed by atoms with Crippen LogP contribution in [0.5, 0.6) is 0 Å². The molecular formula is C16H14Cl2OS. The van der Waals surface area contributed by atoms with Crippen molar-refractivity contribution in [2.75, 3.05) is 0 Å². The van der Waals surface area contributed by atoms with Gasteiger partial charge in [0.05, 0.1) is 10.3 Å². The van der Waals surface area contributed by atoms with Crippen LogP contribution >= 0.6 is 35.0 Å². The van der Waals surface area contributed by atoms with Gasteiger partial charge in [0.15, 0.2) is 5.78 Å². The first-order valence-electron chi connectivity index (χ1n) is 6.22. The van der Waals surface area contributed by atoms with Crippen LogP contribution in [0.3, 0.4) is 0 Å². The molecule has 104 valence electrons. The minimum absolute atomic E-state index is 0.0348. The summed E-state index contributed by atoms with van der Waals surface area (Å²) in [7, 11) is 0. The van der Waals surface area contributed by atoms with E-state index in [1.807, 2.05) is 25.1 Å². The number of carbonyl (C=O) groups excluding carboxylic acids is 1. The first-order valence-corrected chi connectivity index (χ1v) is 8.03. The zero-order chi connectivity index (χ0) is 14.5. The number of hydrogen-bond acceptors (Lipinski definition) is 2. The molecule has 2 aromatic carbocycles. The molecule has 0 saturated carbocycles. The highest BCUT2D eigenvalue weighted by Gasteiger charge is 2.18. The van der Waals surface area contributed by atoms with E-state index in [2.05, 4.69) is 12.1 Å². The van der Waals surface area contributed by atoms with Crippen molar-refractivity contribution in [3.8, 4) is 0 Å². The molecule has 0 spiro atoms. The second-order valence-corrected chi connectivity index (χ2v) is 6.60. The Bertz CT molecular complexity index is 599. The number of benzene rings is 2. The summed E-state index contributed by atoms with van der Waals surface area (Å²) in [6.45, 7) is 1.90. The minimum atomic E-state index is -0.145. The van der Waals surface area contributed by atoms with E-state index in [1.165, 1.54) is 5.56 Å². The fourth-order valence-corrected chi connectivity index (χ4v) is 3.19. The second kappa shape index (κ2) is 7.16. The van der Waals surface area contributed by atoms with E-state index >= 15 is 0 Å². The van der Waals surface area contributed by atoms with Crippen molar-refractivity contribution < 1.29 is 4.79 Å². The Labute approximate surface area is 133 Å². The summed E-state index contributed by atoms with van der Waals surface area (Å²) in [5.74, 6) is 0.839. The van der Waals surface area contributed by atoms with Crippen molar-refractivity contribution >= 4 is 40.7 Å². The Kier molecular flexibility index (Phi) is 5.53. The molecule has 0 N–H and O–H groups in total. The molecule has 0 amide bonds. The number of hydrogen-bond donors (Lipinski definition) is 0. The summed E-state index contributed by atoms with van der Waals surface area (Å²) >= 11 is 13.5. The molecule has 0 radical (unpaired) electrons. The van der Waals surface area contributed by atoms with E-state index in [1.54, 1.807) is 30.0 Å². The maximum absolute atomic E-state index is 12.3. The molecule has 20 heavy (non-hydrogen) atoms. The molecular weight excluding hydrogens is 311 g/mol. The van der Waals surface area contributed by atoms with Crippen LogP contribution < -0.4 is 0 Å². The summed E-state index contributed by atoms with van der Waals surface area (Å²) in [5, 5.41) is 0.805. The van der Waals surface area contributed by atoms with Crippen molar-refractivity contribution in [3.63, 3.8) is 0 Å². The highest BCUT2D eigenvalue weighted by Crippen LogP contribution is 2.26. The number of carbonyl (C=O) groups is 1. The van der Waals surface area contributed by atoms with Crippen LogP contribution in [-0.2, 0) is 5.75 Å². The highest BCUT2D eigenvalue weighted by atomic mass is 35.5. The average Bonchev–Trinajstić information content (AvgIpc) is 2.45. The van der Waals surface area contributed by atoms with Gasteiger partial charge < -0.3 is 0 Å². The molecule has 1 atom stereocenters. The van der Waals surface area contributed by atoms with Crippen LogP contribution in [0.4, 0.5) is 0 Å². The molecule has 4 heteroatoms. The smallest absolute Gasteiger partial charge is 0.177 e. The number of halogens is 2. The predicted octanol–water partition coefficient (Wildman–Crippen LogP) is 5.50. The Balaban J connectivity index is 2.01. The van der Waals surface area contributed by atoms with Gasteiger partial charge in [0.25, 0.3) is 0 Å². The fourth-order valence-electron chi connectivity index (χ4n) is 1.78. The van der Waals surface area contributed by atoms with Gasteiger partial charge in [0, 0.05) is 16.3 Å². The molecule has 0 saturated heterocycles. The van der Waals surface area contributed by atoms with Gasteiger partial charge in [0.1, 0.15) is 0 Å². The van der Waals surface area contributed by atoms with Crippen molar-refractivity contribution in [1.82, 2.24) is 0 Å².